The first-order valence-corrected chi connectivity index (χ1v) is 12.4. The number of nitrogen functional groups attached to an aromatic ring is 2. The summed E-state index contributed by atoms with van der Waals surface area (Å²) in [5, 5.41) is 8.90. The number of nitrogens with one attached hydrogen (secondary N) is 3. The van der Waals surface area contributed by atoms with Crippen LogP contribution >= 0.6 is 0 Å². The van der Waals surface area contributed by atoms with Crippen LogP contribution in [0.2, 0.25) is 0 Å². The van der Waals surface area contributed by atoms with Crippen molar-refractivity contribution in [3.8, 4) is 0 Å². The van der Waals surface area contributed by atoms with Gasteiger partial charge in [0.2, 0.25) is 5.95 Å². The van der Waals surface area contributed by atoms with E-state index < -0.39 is 0 Å². The SMILES string of the molecule is C=CCNC(=O)c1cnc(Nc2ccc(NC(C)C)c(N)c2)nc1N.CC(C)OC1CCN(C)CC1. The number of hydrogen-bond donors (Lipinski definition) is 5. The van der Waals surface area contributed by atoms with Gasteiger partial charge in [0.25, 0.3) is 5.91 Å². The lowest BCUT2D eigenvalue weighted by atomic mass is 10.1. The summed E-state index contributed by atoms with van der Waals surface area (Å²) in [5.41, 5.74) is 14.3. The van der Waals surface area contributed by atoms with Gasteiger partial charge in [-0.25, -0.2) is 4.98 Å². The van der Waals surface area contributed by atoms with Crippen molar-refractivity contribution in [2.75, 3.05) is 48.8 Å². The fourth-order valence-corrected chi connectivity index (χ4v) is 3.61. The van der Waals surface area contributed by atoms with Crippen molar-refractivity contribution in [1.29, 1.82) is 0 Å². The summed E-state index contributed by atoms with van der Waals surface area (Å²) in [6.45, 7) is 14.6. The van der Waals surface area contributed by atoms with Crippen LogP contribution in [0.5, 0.6) is 0 Å². The van der Waals surface area contributed by atoms with Crippen LogP contribution in [-0.2, 0) is 4.74 Å². The second kappa shape index (κ2) is 14.3. The van der Waals surface area contributed by atoms with Gasteiger partial charge in [-0.3, -0.25) is 4.79 Å². The number of carbonyl (C=O) groups excluding carboxylic acids is 1. The van der Waals surface area contributed by atoms with Crippen LogP contribution in [0.25, 0.3) is 0 Å². The number of ether oxygens (including phenoxy) is 1. The zero-order chi connectivity index (χ0) is 26.7. The van der Waals surface area contributed by atoms with Crippen LogP contribution in [-0.4, -0.2) is 65.7 Å². The van der Waals surface area contributed by atoms with Crippen molar-refractivity contribution in [1.82, 2.24) is 20.2 Å². The van der Waals surface area contributed by atoms with Crippen molar-refractivity contribution >= 4 is 34.7 Å². The van der Waals surface area contributed by atoms with E-state index in [1.54, 1.807) is 12.1 Å². The molecule has 1 fully saturated rings. The number of likely N-dealkylation sites (tertiary alicyclic amines) is 1. The van der Waals surface area contributed by atoms with Gasteiger partial charge in [0, 0.05) is 37.6 Å². The van der Waals surface area contributed by atoms with Crippen LogP contribution in [0.15, 0.2) is 37.1 Å². The smallest absolute Gasteiger partial charge is 0.256 e. The molecule has 1 saturated heterocycles. The highest BCUT2D eigenvalue weighted by atomic mass is 16.5. The van der Waals surface area contributed by atoms with E-state index in [-0.39, 0.29) is 29.3 Å². The number of piperidine rings is 1. The number of carbonyl (C=O) groups is 1. The van der Waals surface area contributed by atoms with Gasteiger partial charge in [-0.05, 0) is 65.8 Å². The zero-order valence-electron chi connectivity index (χ0n) is 22.2. The van der Waals surface area contributed by atoms with E-state index in [1.165, 1.54) is 32.1 Å². The molecule has 1 aromatic carbocycles. The van der Waals surface area contributed by atoms with E-state index in [9.17, 15) is 4.79 Å². The van der Waals surface area contributed by atoms with Gasteiger partial charge in [-0.2, -0.15) is 4.98 Å². The Bertz CT molecular complexity index is 988. The summed E-state index contributed by atoms with van der Waals surface area (Å²) in [6, 6.07) is 5.78. The summed E-state index contributed by atoms with van der Waals surface area (Å²) < 4.78 is 5.71. The largest absolute Gasteiger partial charge is 0.397 e. The fraction of sp³-hybridized carbons (Fsp3) is 0.500. The molecule has 2 aromatic rings. The van der Waals surface area contributed by atoms with Gasteiger partial charge in [0.15, 0.2) is 0 Å². The summed E-state index contributed by atoms with van der Waals surface area (Å²) in [7, 11) is 2.17. The van der Waals surface area contributed by atoms with Gasteiger partial charge in [0.1, 0.15) is 5.82 Å². The Hall–Kier alpha value is -3.37. The normalized spacial score (nSPS) is 14.2. The van der Waals surface area contributed by atoms with Crippen LogP contribution in [0.3, 0.4) is 0 Å². The Balaban J connectivity index is 0.000000346. The highest BCUT2D eigenvalue weighted by Crippen LogP contribution is 2.25. The summed E-state index contributed by atoms with van der Waals surface area (Å²) in [5.74, 6) is 0.0178. The van der Waals surface area contributed by atoms with E-state index in [2.05, 4.69) is 58.3 Å². The molecule has 1 amide bonds. The molecule has 36 heavy (non-hydrogen) atoms. The molecular formula is C26H42N8O2. The third kappa shape index (κ3) is 9.71. The second-order valence-electron chi connectivity index (χ2n) is 9.40. The van der Waals surface area contributed by atoms with E-state index in [1.807, 2.05) is 26.0 Å². The molecule has 10 heteroatoms. The standard InChI is InChI=1S/C17H23N7O.C9H19NO/c1-4-7-20-16(25)12-9-21-17(24-15(12)19)23-11-5-6-14(13(18)8-11)22-10(2)3;1-8(2)11-9-4-6-10(3)7-5-9/h4-6,8-10,22H,1,7,18H2,2-3H3,(H,20,25)(H3,19,21,23,24);8-9H,4-7H2,1-3H3. The molecule has 1 aliphatic heterocycles. The first-order valence-electron chi connectivity index (χ1n) is 12.4. The highest BCUT2D eigenvalue weighted by molar-refractivity contribution is 5.98. The number of aromatic nitrogens is 2. The molecule has 0 radical (unpaired) electrons. The van der Waals surface area contributed by atoms with E-state index in [0.717, 1.165) is 11.4 Å². The number of rotatable bonds is 9. The number of hydrogen-bond acceptors (Lipinski definition) is 9. The number of amides is 1. The monoisotopic (exact) mass is 498 g/mol. The van der Waals surface area contributed by atoms with Crippen LogP contribution < -0.4 is 27.4 Å². The Morgan fingerprint density at radius 3 is 2.50 bits per heavy atom. The minimum atomic E-state index is -0.350. The molecule has 0 spiro atoms. The number of benzene rings is 1. The molecular weight excluding hydrogens is 456 g/mol. The van der Waals surface area contributed by atoms with Crippen molar-refractivity contribution in [2.24, 2.45) is 0 Å². The quantitative estimate of drug-likeness (QED) is 0.259. The molecule has 198 valence electrons. The Labute approximate surface area is 214 Å². The molecule has 0 aliphatic carbocycles. The number of anilines is 5. The van der Waals surface area contributed by atoms with Crippen molar-refractivity contribution in [3.63, 3.8) is 0 Å². The van der Waals surface area contributed by atoms with Gasteiger partial charge >= 0.3 is 0 Å². The van der Waals surface area contributed by atoms with Crippen molar-refractivity contribution in [2.45, 2.75) is 58.8 Å². The van der Waals surface area contributed by atoms with Crippen LogP contribution in [0, 0.1) is 0 Å². The molecule has 1 aromatic heterocycles. The Morgan fingerprint density at radius 2 is 1.94 bits per heavy atom. The van der Waals surface area contributed by atoms with E-state index in [4.69, 9.17) is 16.2 Å². The maximum absolute atomic E-state index is 11.9. The maximum Gasteiger partial charge on any atom is 0.256 e. The van der Waals surface area contributed by atoms with E-state index in [0.29, 0.717) is 24.4 Å². The van der Waals surface area contributed by atoms with Gasteiger partial charge < -0.3 is 37.1 Å². The molecule has 7 N–H and O–H groups in total. The molecule has 0 bridgehead atoms. The molecule has 10 nitrogen and oxygen atoms in total. The zero-order valence-corrected chi connectivity index (χ0v) is 22.2. The van der Waals surface area contributed by atoms with Gasteiger partial charge in [0.05, 0.1) is 29.1 Å². The number of nitrogens with zero attached hydrogens (tertiary/aromatic N) is 3. The lowest BCUT2D eigenvalue weighted by molar-refractivity contribution is -0.0232. The Kier molecular flexibility index (Phi) is 11.4. The predicted octanol–water partition coefficient (Wildman–Crippen LogP) is 3.63. The molecule has 3 rings (SSSR count). The third-order valence-corrected chi connectivity index (χ3v) is 5.35. The topological polar surface area (TPSA) is 143 Å². The minimum absolute atomic E-state index is 0.0881. The van der Waals surface area contributed by atoms with Gasteiger partial charge in [-0.15, -0.1) is 6.58 Å². The Morgan fingerprint density at radius 1 is 1.25 bits per heavy atom. The fourth-order valence-electron chi connectivity index (χ4n) is 3.61. The lowest BCUT2D eigenvalue weighted by Gasteiger charge is -2.30. The first kappa shape index (κ1) is 28.9. The average molecular weight is 499 g/mol. The molecule has 0 saturated carbocycles. The summed E-state index contributed by atoms with van der Waals surface area (Å²) >= 11 is 0. The van der Waals surface area contributed by atoms with Crippen LogP contribution in [0.4, 0.5) is 28.8 Å². The minimum Gasteiger partial charge on any atom is -0.397 e. The lowest BCUT2D eigenvalue weighted by Crippen LogP contribution is -2.35. The molecule has 0 atom stereocenters. The van der Waals surface area contributed by atoms with Crippen LogP contribution in [0.1, 0.15) is 50.9 Å². The van der Waals surface area contributed by atoms with E-state index >= 15 is 0 Å². The molecule has 2 heterocycles. The second-order valence-corrected chi connectivity index (χ2v) is 9.40. The third-order valence-electron chi connectivity index (χ3n) is 5.35. The predicted molar refractivity (Wildman–Crippen MR) is 149 cm³/mol. The molecule has 1 aliphatic rings. The average Bonchev–Trinajstić information content (AvgIpc) is 2.81. The van der Waals surface area contributed by atoms with Gasteiger partial charge in [-0.1, -0.05) is 6.08 Å². The first-order chi connectivity index (χ1) is 17.1. The maximum atomic E-state index is 11.9. The highest BCUT2D eigenvalue weighted by Gasteiger charge is 2.17. The van der Waals surface area contributed by atoms with Crippen molar-refractivity contribution in [3.05, 3.63) is 42.6 Å². The number of nitrogens with two attached hydrogens (primary N) is 2. The van der Waals surface area contributed by atoms with Crippen molar-refractivity contribution < 1.29 is 9.53 Å². The summed E-state index contributed by atoms with van der Waals surface area (Å²) in [6.07, 6.45) is 6.27. The summed E-state index contributed by atoms with van der Waals surface area (Å²) in [4.78, 5) is 22.5. The molecule has 0 unspecified atom stereocenters.